The van der Waals surface area contributed by atoms with Gasteiger partial charge >= 0.3 is 0 Å². The molecule has 220 valence electrons. The lowest BCUT2D eigenvalue weighted by Crippen LogP contribution is -2.52. The van der Waals surface area contributed by atoms with Crippen molar-refractivity contribution in [2.75, 3.05) is 20.2 Å². The van der Waals surface area contributed by atoms with Gasteiger partial charge < -0.3 is 14.7 Å². The molecule has 1 aromatic rings. The molecule has 1 saturated heterocycles. The van der Waals surface area contributed by atoms with Crippen LogP contribution in [0.1, 0.15) is 86.0 Å². The number of allylic oxidation sites excluding steroid dienone is 3. The Balaban J connectivity index is 0.000000351. The fourth-order valence-corrected chi connectivity index (χ4v) is 5.25. The Morgan fingerprint density at radius 1 is 1.26 bits per heavy atom. The summed E-state index contributed by atoms with van der Waals surface area (Å²) < 4.78 is 4.65. The number of aromatic nitrogens is 1. The van der Waals surface area contributed by atoms with E-state index >= 15 is 0 Å². The standard InChI is InChI=1S/C18H33NO2.C9H15NO.C5H4ClN/c1-4-6-7-8-14(5-2)18(21)19-11-13(3)17(15-9-10-15)16(20)12-19;1-4-5-8(2)6-7-9(10)11-3;6-5-2-1-3-7-4-5/h13-17,20H,4-12H2,1-3H3;5-7,10H,4H2,1-3H3;1-4H/b;7-6-,8-5+,10-9?;. The van der Waals surface area contributed by atoms with E-state index in [9.17, 15) is 9.90 Å². The van der Waals surface area contributed by atoms with E-state index in [1.807, 2.05) is 17.9 Å². The van der Waals surface area contributed by atoms with Crippen LogP contribution in [0.2, 0.25) is 5.02 Å². The van der Waals surface area contributed by atoms with Gasteiger partial charge in [-0.15, -0.1) is 0 Å². The number of rotatable bonds is 10. The van der Waals surface area contributed by atoms with Gasteiger partial charge in [-0.3, -0.25) is 15.2 Å². The molecule has 4 unspecified atom stereocenters. The highest BCUT2D eigenvalue weighted by Crippen LogP contribution is 2.44. The summed E-state index contributed by atoms with van der Waals surface area (Å²) >= 11 is 5.48. The Hall–Kier alpha value is -2.18. The number of likely N-dealkylation sites (tertiary alicyclic amines) is 1. The summed E-state index contributed by atoms with van der Waals surface area (Å²) in [6.45, 7) is 12.0. The smallest absolute Gasteiger partial charge is 0.225 e. The zero-order valence-electron chi connectivity index (χ0n) is 25.0. The summed E-state index contributed by atoms with van der Waals surface area (Å²) in [4.78, 5) is 18.4. The fourth-order valence-electron chi connectivity index (χ4n) is 5.12. The molecule has 0 bridgehead atoms. The molecule has 3 rings (SSSR count). The van der Waals surface area contributed by atoms with Crippen LogP contribution in [0.15, 0.2) is 48.3 Å². The number of amides is 1. The molecule has 1 saturated carbocycles. The van der Waals surface area contributed by atoms with E-state index < -0.39 is 0 Å². The Kier molecular flexibility index (Phi) is 17.7. The monoisotopic (exact) mass is 561 g/mol. The van der Waals surface area contributed by atoms with Gasteiger partial charge in [-0.25, -0.2) is 0 Å². The molecule has 7 heteroatoms. The summed E-state index contributed by atoms with van der Waals surface area (Å²) in [5, 5.41) is 18.3. The predicted molar refractivity (Wildman–Crippen MR) is 163 cm³/mol. The highest BCUT2D eigenvalue weighted by atomic mass is 35.5. The van der Waals surface area contributed by atoms with E-state index in [4.69, 9.17) is 17.0 Å². The Morgan fingerprint density at radius 3 is 2.44 bits per heavy atom. The molecule has 1 amide bonds. The third kappa shape index (κ3) is 14.1. The molecular formula is C32H52ClN3O3. The second kappa shape index (κ2) is 19.8. The first kappa shape index (κ1) is 34.8. The van der Waals surface area contributed by atoms with Crippen molar-refractivity contribution >= 4 is 23.4 Å². The highest BCUT2D eigenvalue weighted by molar-refractivity contribution is 6.30. The molecule has 1 aliphatic carbocycles. The van der Waals surface area contributed by atoms with Gasteiger partial charge in [0.25, 0.3) is 0 Å². The minimum absolute atomic E-state index is 0.161. The van der Waals surface area contributed by atoms with Crippen LogP contribution in [0.25, 0.3) is 0 Å². The van der Waals surface area contributed by atoms with Crippen molar-refractivity contribution in [2.24, 2.45) is 23.7 Å². The maximum absolute atomic E-state index is 12.7. The van der Waals surface area contributed by atoms with Crippen LogP contribution in [-0.2, 0) is 9.53 Å². The van der Waals surface area contributed by atoms with Gasteiger partial charge in [-0.05, 0) is 75.0 Å². The molecule has 1 aromatic heterocycles. The second-order valence-corrected chi connectivity index (χ2v) is 11.2. The Morgan fingerprint density at radius 2 is 1.97 bits per heavy atom. The third-order valence-corrected chi connectivity index (χ3v) is 7.59. The number of hydrogen-bond donors (Lipinski definition) is 2. The number of halogens is 1. The molecule has 6 nitrogen and oxygen atoms in total. The van der Waals surface area contributed by atoms with E-state index in [-0.39, 0.29) is 23.8 Å². The fraction of sp³-hybridized carbons (Fsp3) is 0.656. The molecule has 0 aromatic carbocycles. The number of carbonyl (C=O) groups is 1. The summed E-state index contributed by atoms with van der Waals surface area (Å²) in [6, 6.07) is 3.58. The second-order valence-electron chi connectivity index (χ2n) is 10.7. The zero-order chi connectivity index (χ0) is 29.2. The number of unbranched alkanes of at least 4 members (excludes halogenated alkanes) is 2. The number of aliphatic hydroxyl groups excluding tert-OH is 1. The number of carbonyl (C=O) groups excluding carboxylic acids is 1. The lowest BCUT2D eigenvalue weighted by Gasteiger charge is -2.42. The number of ether oxygens (including phenoxy) is 1. The van der Waals surface area contributed by atoms with Crippen molar-refractivity contribution in [3.05, 3.63) is 53.4 Å². The summed E-state index contributed by atoms with van der Waals surface area (Å²) in [6.07, 6.45) is 17.7. The maximum atomic E-state index is 12.7. The van der Waals surface area contributed by atoms with Crippen LogP contribution in [0.5, 0.6) is 0 Å². The van der Waals surface area contributed by atoms with Gasteiger partial charge in [0.1, 0.15) is 0 Å². The molecule has 2 aliphatic rings. The van der Waals surface area contributed by atoms with Gasteiger partial charge in [0.15, 0.2) is 0 Å². The Bertz CT molecular complexity index is 874. The number of pyridine rings is 1. The molecule has 39 heavy (non-hydrogen) atoms. The number of β-amino-alcohol motifs (C(OH)–C–C–N with tert-alkyl or cyclic N) is 1. The SMILES string of the molecule is CC/C=C(C)/C=C\C(=N)OC.CCCCCC(CC)C(=O)N1CC(C)C(C2CC2)C(O)C1.Clc1cccnc1. The lowest BCUT2D eigenvalue weighted by molar-refractivity contribution is -0.143. The number of nitrogens with zero attached hydrogens (tertiary/aromatic N) is 2. The average Bonchev–Trinajstić information content (AvgIpc) is 3.75. The minimum atomic E-state index is -0.307. The first-order valence-corrected chi connectivity index (χ1v) is 15.1. The first-order chi connectivity index (χ1) is 18.7. The van der Waals surface area contributed by atoms with Crippen molar-refractivity contribution in [1.29, 1.82) is 5.41 Å². The van der Waals surface area contributed by atoms with E-state index in [0.717, 1.165) is 43.7 Å². The molecular weight excluding hydrogens is 510 g/mol. The van der Waals surface area contributed by atoms with Crippen LogP contribution < -0.4 is 0 Å². The molecule has 1 aliphatic heterocycles. The number of nitrogens with one attached hydrogen (secondary N) is 1. The average molecular weight is 562 g/mol. The molecule has 2 fully saturated rings. The van der Waals surface area contributed by atoms with Crippen LogP contribution >= 0.6 is 11.6 Å². The van der Waals surface area contributed by atoms with Crippen LogP contribution in [0, 0.1) is 29.1 Å². The molecule has 4 atom stereocenters. The van der Waals surface area contributed by atoms with Crippen LogP contribution in [-0.4, -0.2) is 53.1 Å². The van der Waals surface area contributed by atoms with Gasteiger partial charge in [0.2, 0.25) is 11.8 Å². The van der Waals surface area contributed by atoms with Crippen molar-refractivity contribution in [1.82, 2.24) is 9.88 Å². The van der Waals surface area contributed by atoms with E-state index in [0.29, 0.717) is 23.4 Å². The van der Waals surface area contributed by atoms with Crippen LogP contribution in [0.3, 0.4) is 0 Å². The summed E-state index contributed by atoms with van der Waals surface area (Å²) in [7, 11) is 1.49. The van der Waals surface area contributed by atoms with Gasteiger partial charge in [-0.2, -0.15) is 0 Å². The normalized spacial score (nSPS) is 21.8. The van der Waals surface area contributed by atoms with E-state index in [2.05, 4.69) is 43.5 Å². The largest absolute Gasteiger partial charge is 0.481 e. The van der Waals surface area contributed by atoms with E-state index in [1.165, 1.54) is 32.8 Å². The van der Waals surface area contributed by atoms with E-state index in [1.54, 1.807) is 30.6 Å². The summed E-state index contributed by atoms with van der Waals surface area (Å²) in [5.74, 6) is 2.22. The predicted octanol–water partition coefficient (Wildman–Crippen LogP) is 7.72. The van der Waals surface area contributed by atoms with Crippen LogP contribution in [0.4, 0.5) is 0 Å². The van der Waals surface area contributed by atoms with Gasteiger partial charge in [0, 0.05) is 31.4 Å². The number of hydrogen-bond acceptors (Lipinski definition) is 5. The molecule has 2 N–H and O–H groups in total. The number of methoxy groups -OCH3 is 1. The third-order valence-electron chi connectivity index (χ3n) is 7.36. The van der Waals surface area contributed by atoms with Gasteiger partial charge in [0.05, 0.1) is 18.2 Å². The topological polar surface area (TPSA) is 86.5 Å². The lowest BCUT2D eigenvalue weighted by atomic mass is 9.80. The zero-order valence-corrected chi connectivity index (χ0v) is 25.8. The number of aliphatic hydroxyl groups is 1. The summed E-state index contributed by atoms with van der Waals surface area (Å²) in [5.41, 5.74) is 1.16. The van der Waals surface area contributed by atoms with Crippen molar-refractivity contribution in [3.8, 4) is 0 Å². The maximum Gasteiger partial charge on any atom is 0.225 e. The van der Waals surface area contributed by atoms with Crippen molar-refractivity contribution < 1.29 is 14.6 Å². The minimum Gasteiger partial charge on any atom is -0.481 e. The van der Waals surface area contributed by atoms with Crippen molar-refractivity contribution in [3.63, 3.8) is 0 Å². The molecule has 0 spiro atoms. The Labute approximate surface area is 242 Å². The first-order valence-electron chi connectivity index (χ1n) is 14.7. The van der Waals surface area contributed by atoms with Crippen molar-refractivity contribution in [2.45, 2.75) is 92.1 Å². The number of piperidine rings is 1. The van der Waals surface area contributed by atoms with Gasteiger partial charge in [-0.1, -0.05) is 76.3 Å². The molecule has 2 heterocycles. The highest BCUT2D eigenvalue weighted by Gasteiger charge is 2.44. The quantitative estimate of drug-likeness (QED) is 0.132. The molecule has 0 radical (unpaired) electrons.